The Labute approximate surface area is 163 Å². The molecule has 4 nitrogen and oxygen atoms in total. The molecule has 0 heterocycles. The van der Waals surface area contributed by atoms with Crippen LogP contribution in [0.3, 0.4) is 0 Å². The van der Waals surface area contributed by atoms with E-state index in [9.17, 15) is 0 Å². The molecule has 0 atom stereocenters. The third-order valence-electron chi connectivity index (χ3n) is 3.61. The Kier molecular flexibility index (Phi) is 9.30. The minimum Gasteiger partial charge on any atom is -0.379 e. The summed E-state index contributed by atoms with van der Waals surface area (Å²) in [6.07, 6.45) is 0. The molecule has 0 aromatic heterocycles. The number of thioether (sulfide) groups is 2. The second-order valence-electron chi connectivity index (χ2n) is 4.99. The molecule has 1 aliphatic rings. The van der Waals surface area contributed by atoms with Crippen molar-refractivity contribution in [3.8, 4) is 0 Å². The monoisotopic (exact) mass is 388 g/mol. The maximum atomic E-state index is 7.39. The lowest BCUT2D eigenvalue weighted by atomic mass is 9.95. The largest absolute Gasteiger partial charge is 0.379 e. The molecule has 0 amide bonds. The fraction of sp³-hybridized carbons (Fsp3) is 0.300. The summed E-state index contributed by atoms with van der Waals surface area (Å²) in [5.41, 5.74) is 13.3. The maximum Gasteiger partial charge on any atom is 0.151 e. The van der Waals surface area contributed by atoms with Gasteiger partial charge in [-0.25, -0.2) is 0 Å². The number of benzene rings is 2. The first-order valence-corrected chi connectivity index (χ1v) is 10.7. The van der Waals surface area contributed by atoms with Gasteiger partial charge in [-0.1, -0.05) is 87.6 Å². The van der Waals surface area contributed by atoms with Gasteiger partial charge in [-0.3, -0.25) is 10.8 Å². The molecule has 6 heteroatoms. The van der Waals surface area contributed by atoms with Crippen molar-refractivity contribution < 1.29 is 0 Å². The summed E-state index contributed by atoms with van der Waals surface area (Å²) >= 11 is 2.68. The molecule has 3 rings (SSSR count). The highest BCUT2D eigenvalue weighted by molar-refractivity contribution is 8.13. The van der Waals surface area contributed by atoms with Crippen molar-refractivity contribution in [2.45, 2.75) is 39.2 Å². The van der Waals surface area contributed by atoms with Crippen LogP contribution < -0.4 is 11.5 Å². The van der Waals surface area contributed by atoms with Gasteiger partial charge in [0.2, 0.25) is 0 Å². The fourth-order valence-corrected chi connectivity index (χ4v) is 3.83. The molecule has 0 saturated heterocycles. The minimum atomic E-state index is 0.137. The van der Waals surface area contributed by atoms with Crippen molar-refractivity contribution in [2.24, 2.45) is 11.5 Å². The van der Waals surface area contributed by atoms with Crippen LogP contribution in [-0.4, -0.2) is 10.3 Å². The van der Waals surface area contributed by atoms with Gasteiger partial charge in [-0.05, 0) is 32.0 Å². The third kappa shape index (κ3) is 5.05. The SMILES string of the molecule is CC.CC.N=C(N)SCc1cccc2c1=c1c(CSC(=N)N)cccc1=2. The van der Waals surface area contributed by atoms with Crippen molar-refractivity contribution in [2.75, 3.05) is 0 Å². The van der Waals surface area contributed by atoms with Gasteiger partial charge >= 0.3 is 0 Å². The smallest absolute Gasteiger partial charge is 0.151 e. The highest BCUT2D eigenvalue weighted by atomic mass is 32.2. The molecular weight excluding hydrogens is 360 g/mol. The molecule has 0 aliphatic heterocycles. The highest BCUT2D eigenvalue weighted by Crippen LogP contribution is 2.24. The zero-order chi connectivity index (χ0) is 19.7. The number of rotatable bonds is 4. The van der Waals surface area contributed by atoms with Crippen LogP contribution in [0.5, 0.6) is 0 Å². The van der Waals surface area contributed by atoms with E-state index < -0.39 is 0 Å². The van der Waals surface area contributed by atoms with Crippen LogP contribution >= 0.6 is 23.5 Å². The number of hydrogen-bond acceptors (Lipinski definition) is 4. The Hall–Kier alpha value is -1.92. The first kappa shape index (κ1) is 22.1. The summed E-state index contributed by atoms with van der Waals surface area (Å²) in [4.78, 5) is 0. The molecule has 0 unspecified atom stereocenters. The average Bonchev–Trinajstić information content (AvgIpc) is 2.65. The third-order valence-corrected chi connectivity index (χ3v) is 5.14. The molecule has 0 bridgehead atoms. The average molecular weight is 389 g/mol. The van der Waals surface area contributed by atoms with Gasteiger partial charge < -0.3 is 11.5 Å². The number of fused-ring (bicyclic) bond motifs is 2. The zero-order valence-corrected chi connectivity index (χ0v) is 17.5. The van der Waals surface area contributed by atoms with Crippen LogP contribution in [0.1, 0.15) is 38.8 Å². The van der Waals surface area contributed by atoms with Gasteiger partial charge in [0.25, 0.3) is 0 Å². The van der Waals surface area contributed by atoms with Crippen LogP contribution in [0.4, 0.5) is 0 Å². The Morgan fingerprint density at radius 2 is 1.08 bits per heavy atom. The molecule has 1 aliphatic carbocycles. The molecule has 140 valence electrons. The lowest BCUT2D eigenvalue weighted by Crippen LogP contribution is -2.06. The topological polar surface area (TPSA) is 99.7 Å². The first-order valence-electron chi connectivity index (χ1n) is 8.76. The van der Waals surface area contributed by atoms with Crippen LogP contribution in [0, 0.1) is 31.7 Å². The molecule has 0 spiro atoms. The quantitative estimate of drug-likeness (QED) is 0.378. The van der Waals surface area contributed by atoms with Crippen molar-refractivity contribution in [1.82, 2.24) is 0 Å². The fourth-order valence-electron chi connectivity index (χ4n) is 2.73. The van der Waals surface area contributed by atoms with E-state index >= 15 is 0 Å². The lowest BCUT2D eigenvalue weighted by Gasteiger charge is -2.13. The molecule has 0 radical (unpaired) electrons. The highest BCUT2D eigenvalue weighted by Gasteiger charge is 2.11. The standard InChI is InChI=1S/C16H16N4S2.2C2H6/c17-15(18)21-7-9-3-1-5-11-12-6-2-4-10(8-22-16(19)20)14(12)13(9)11;2*1-2/h1-6H,7-8H2,(H3,17,18)(H3,19,20);2*1-2H3. The molecule has 6 N–H and O–H groups in total. The summed E-state index contributed by atoms with van der Waals surface area (Å²) in [6, 6.07) is 12.5. The Morgan fingerprint density at radius 1 is 0.731 bits per heavy atom. The van der Waals surface area contributed by atoms with E-state index in [-0.39, 0.29) is 10.3 Å². The zero-order valence-electron chi connectivity index (χ0n) is 15.8. The Morgan fingerprint density at radius 3 is 1.38 bits per heavy atom. The van der Waals surface area contributed by atoms with Gasteiger partial charge in [0.1, 0.15) is 0 Å². The van der Waals surface area contributed by atoms with Crippen LogP contribution in [-0.2, 0) is 11.5 Å². The predicted molar refractivity (Wildman–Crippen MR) is 117 cm³/mol. The summed E-state index contributed by atoms with van der Waals surface area (Å²) in [7, 11) is 0. The maximum absolute atomic E-state index is 7.39. The van der Waals surface area contributed by atoms with Gasteiger partial charge in [0.05, 0.1) is 0 Å². The van der Waals surface area contributed by atoms with Crippen LogP contribution in [0.25, 0.3) is 0 Å². The number of amidine groups is 2. The second kappa shape index (κ2) is 10.9. The molecule has 0 saturated carbocycles. The Bertz CT molecular complexity index is 877. The normalized spacial score (nSPS) is 10.0. The van der Waals surface area contributed by atoms with Gasteiger partial charge in [-0.2, -0.15) is 0 Å². The number of nitrogens with one attached hydrogen (secondary N) is 2. The molecule has 26 heavy (non-hydrogen) atoms. The number of nitrogens with two attached hydrogens (primary N) is 2. The van der Waals surface area contributed by atoms with E-state index in [0.29, 0.717) is 11.5 Å². The molecular formula is C20H28N4S2. The summed E-state index contributed by atoms with van der Waals surface area (Å²) in [6.45, 7) is 8.00. The minimum absolute atomic E-state index is 0.137. The summed E-state index contributed by atoms with van der Waals surface area (Å²) in [5.74, 6) is 1.40. The van der Waals surface area contributed by atoms with E-state index in [4.69, 9.17) is 22.3 Å². The van der Waals surface area contributed by atoms with Gasteiger partial charge in [-0.15, -0.1) is 0 Å². The second-order valence-corrected chi connectivity index (χ2v) is 7.02. The van der Waals surface area contributed by atoms with E-state index in [1.54, 1.807) is 0 Å². The van der Waals surface area contributed by atoms with Gasteiger partial charge in [0, 0.05) is 11.5 Å². The van der Waals surface area contributed by atoms with E-state index in [1.807, 2.05) is 27.7 Å². The lowest BCUT2D eigenvalue weighted by molar-refractivity contribution is 1.18. The molecule has 0 fully saturated rings. The molecule has 2 aromatic rings. The van der Waals surface area contributed by atoms with Crippen molar-refractivity contribution in [3.63, 3.8) is 0 Å². The van der Waals surface area contributed by atoms with E-state index in [1.165, 1.54) is 55.5 Å². The first-order chi connectivity index (χ1) is 12.6. The molecule has 2 aromatic carbocycles. The van der Waals surface area contributed by atoms with Crippen LogP contribution in [0.15, 0.2) is 36.4 Å². The Balaban J connectivity index is 0.000000791. The van der Waals surface area contributed by atoms with Gasteiger partial charge in [0.15, 0.2) is 10.3 Å². The van der Waals surface area contributed by atoms with Crippen molar-refractivity contribution in [1.29, 1.82) is 10.8 Å². The van der Waals surface area contributed by atoms with Crippen molar-refractivity contribution >= 4 is 33.9 Å². The summed E-state index contributed by atoms with van der Waals surface area (Å²) < 4.78 is 0. The van der Waals surface area contributed by atoms with E-state index in [2.05, 4.69) is 36.4 Å². The summed E-state index contributed by atoms with van der Waals surface area (Å²) in [5, 5.41) is 20.1. The van der Waals surface area contributed by atoms with Crippen molar-refractivity contribution in [3.05, 3.63) is 68.4 Å². The number of hydrogen-bond donors (Lipinski definition) is 4. The predicted octanol–water partition coefficient (Wildman–Crippen LogP) is 4.88. The van der Waals surface area contributed by atoms with Crippen LogP contribution in [0.2, 0.25) is 0 Å². The van der Waals surface area contributed by atoms with E-state index in [0.717, 1.165) is 0 Å².